The Morgan fingerprint density at radius 3 is 2.91 bits per heavy atom. The van der Waals surface area contributed by atoms with Crippen molar-refractivity contribution in [3.05, 3.63) is 17.7 Å². The average Bonchev–Trinajstić information content (AvgIpc) is 2.71. The predicted molar refractivity (Wildman–Crippen MR) is 85.6 cm³/mol. The van der Waals surface area contributed by atoms with Crippen LogP contribution in [0.25, 0.3) is 0 Å². The van der Waals surface area contributed by atoms with Crippen molar-refractivity contribution in [2.45, 2.75) is 71.4 Å². The lowest BCUT2D eigenvalue weighted by atomic mass is 9.57. The molecule has 1 aromatic rings. The summed E-state index contributed by atoms with van der Waals surface area (Å²) in [6.07, 6.45) is 8.64. The number of nitrogens with zero attached hydrogens (tertiary/aromatic N) is 3. The third kappa shape index (κ3) is 1.88. The molecule has 1 saturated carbocycles. The number of carbonyl (C=O) groups excluding carboxylic acids is 1. The second-order valence-electron chi connectivity index (χ2n) is 8.04. The molecule has 5 rings (SSSR count). The largest absolute Gasteiger partial charge is 0.337 e. The summed E-state index contributed by atoms with van der Waals surface area (Å²) in [4.78, 5) is 20.0. The molecule has 3 aliphatic heterocycles. The predicted octanol–water partition coefficient (Wildman–Crippen LogP) is 3.11. The smallest absolute Gasteiger partial charge is 0.245 e. The molecule has 22 heavy (non-hydrogen) atoms. The van der Waals surface area contributed by atoms with Crippen molar-refractivity contribution >= 4 is 5.91 Å². The summed E-state index contributed by atoms with van der Waals surface area (Å²) in [5.41, 5.74) is 1.43. The number of hydrogen-bond donors (Lipinski definition) is 0. The Labute approximate surface area is 132 Å². The summed E-state index contributed by atoms with van der Waals surface area (Å²) < 4.78 is 2.21. The minimum absolute atomic E-state index is 0.0146. The molecular weight excluding hydrogens is 274 g/mol. The zero-order valence-electron chi connectivity index (χ0n) is 14.0. The second kappa shape index (κ2) is 4.84. The van der Waals surface area contributed by atoms with Gasteiger partial charge in [0, 0.05) is 30.9 Å². The van der Waals surface area contributed by atoms with Crippen LogP contribution in [0.3, 0.4) is 0 Å². The Morgan fingerprint density at radius 2 is 2.14 bits per heavy atom. The van der Waals surface area contributed by atoms with E-state index in [1.54, 1.807) is 0 Å². The van der Waals surface area contributed by atoms with E-state index in [4.69, 9.17) is 0 Å². The Hall–Kier alpha value is -1.32. The van der Waals surface area contributed by atoms with Crippen LogP contribution >= 0.6 is 0 Å². The lowest BCUT2D eigenvalue weighted by Crippen LogP contribution is -2.59. The number of carbonyl (C=O) groups is 1. The van der Waals surface area contributed by atoms with Gasteiger partial charge in [-0.2, -0.15) is 0 Å². The van der Waals surface area contributed by atoms with Crippen LogP contribution in [0.15, 0.2) is 6.20 Å². The number of rotatable bonds is 1. The highest BCUT2D eigenvalue weighted by molar-refractivity contribution is 5.81. The van der Waals surface area contributed by atoms with Gasteiger partial charge in [0.2, 0.25) is 5.91 Å². The number of aromatic nitrogens is 2. The first-order valence-electron chi connectivity index (χ1n) is 8.83. The Bertz CT molecular complexity index is 603. The summed E-state index contributed by atoms with van der Waals surface area (Å²) in [5.74, 6) is 2.26. The quantitative estimate of drug-likeness (QED) is 0.799. The highest BCUT2D eigenvalue weighted by Crippen LogP contribution is 2.53. The number of amides is 1. The molecule has 0 aromatic carbocycles. The molecule has 1 amide bonds. The van der Waals surface area contributed by atoms with Crippen molar-refractivity contribution < 1.29 is 4.79 Å². The molecule has 0 radical (unpaired) electrons. The highest BCUT2D eigenvalue weighted by Gasteiger charge is 2.53. The van der Waals surface area contributed by atoms with E-state index in [0.717, 1.165) is 43.2 Å². The monoisotopic (exact) mass is 301 g/mol. The van der Waals surface area contributed by atoms with E-state index in [0.29, 0.717) is 17.4 Å². The van der Waals surface area contributed by atoms with E-state index in [9.17, 15) is 4.79 Å². The topological polar surface area (TPSA) is 38.1 Å². The normalized spacial score (nSPS) is 32.9. The molecule has 3 unspecified atom stereocenters. The van der Waals surface area contributed by atoms with Gasteiger partial charge in [-0.25, -0.2) is 4.98 Å². The first-order valence-corrected chi connectivity index (χ1v) is 8.83. The van der Waals surface area contributed by atoms with Crippen LogP contribution in [-0.4, -0.2) is 32.9 Å². The number of aryl methyl sites for hydroxylation is 2. The Kier molecular flexibility index (Phi) is 3.14. The molecule has 0 N–H and O–H groups in total. The standard InChI is InChI=1S/C18H27N3O/c1-12-11-19-16-8-4-7-14(21(12)16)17(22)20-9-5-6-13-10-15(20)18(13,2)3/h11,13-15H,4-10H2,1-3H3. The van der Waals surface area contributed by atoms with Crippen LogP contribution < -0.4 is 0 Å². The Balaban J connectivity index is 1.64. The van der Waals surface area contributed by atoms with E-state index in [1.807, 2.05) is 6.20 Å². The highest BCUT2D eigenvalue weighted by atomic mass is 16.2. The van der Waals surface area contributed by atoms with E-state index < -0.39 is 0 Å². The van der Waals surface area contributed by atoms with Gasteiger partial charge in [-0.15, -0.1) is 0 Å². The maximum absolute atomic E-state index is 13.3. The van der Waals surface area contributed by atoms with Gasteiger partial charge in [0.05, 0.1) is 0 Å². The molecule has 4 nitrogen and oxygen atoms in total. The molecule has 2 saturated heterocycles. The maximum atomic E-state index is 13.3. The molecule has 1 aromatic heterocycles. The average molecular weight is 301 g/mol. The second-order valence-corrected chi connectivity index (χ2v) is 8.04. The van der Waals surface area contributed by atoms with Crippen LogP contribution in [0.5, 0.6) is 0 Å². The fourth-order valence-corrected chi connectivity index (χ4v) is 5.05. The van der Waals surface area contributed by atoms with Crippen LogP contribution in [0.4, 0.5) is 0 Å². The first kappa shape index (κ1) is 14.3. The van der Waals surface area contributed by atoms with Gasteiger partial charge in [-0.3, -0.25) is 4.79 Å². The van der Waals surface area contributed by atoms with E-state index in [-0.39, 0.29) is 6.04 Å². The van der Waals surface area contributed by atoms with Crippen molar-refractivity contribution in [3.8, 4) is 0 Å². The molecule has 120 valence electrons. The molecule has 1 aliphatic carbocycles. The lowest BCUT2D eigenvalue weighted by Gasteiger charge is -2.55. The van der Waals surface area contributed by atoms with Crippen molar-refractivity contribution in [3.63, 3.8) is 0 Å². The third-order valence-electron chi connectivity index (χ3n) is 6.56. The zero-order chi connectivity index (χ0) is 15.5. The number of fused-ring (bicyclic) bond motifs is 4. The first-order chi connectivity index (χ1) is 10.5. The van der Waals surface area contributed by atoms with Crippen LogP contribution in [0, 0.1) is 18.3 Å². The summed E-state index contributed by atoms with van der Waals surface area (Å²) in [6, 6.07) is 0.431. The van der Waals surface area contributed by atoms with Crippen LogP contribution in [0.1, 0.15) is 63.5 Å². The van der Waals surface area contributed by atoms with Gasteiger partial charge in [-0.1, -0.05) is 13.8 Å². The fraction of sp³-hybridized carbons (Fsp3) is 0.778. The van der Waals surface area contributed by atoms with E-state index >= 15 is 0 Å². The van der Waals surface area contributed by atoms with E-state index in [1.165, 1.54) is 19.3 Å². The molecular formula is C18H27N3O. The van der Waals surface area contributed by atoms with Crippen molar-refractivity contribution in [2.75, 3.05) is 6.54 Å². The molecule has 4 aliphatic rings. The maximum Gasteiger partial charge on any atom is 0.245 e. The van der Waals surface area contributed by atoms with Gasteiger partial charge in [0.1, 0.15) is 11.9 Å². The molecule has 0 spiro atoms. The van der Waals surface area contributed by atoms with Crippen molar-refractivity contribution in [1.29, 1.82) is 0 Å². The number of imidazole rings is 1. The van der Waals surface area contributed by atoms with Crippen molar-refractivity contribution in [1.82, 2.24) is 14.5 Å². The molecule has 3 atom stereocenters. The van der Waals surface area contributed by atoms with Gasteiger partial charge >= 0.3 is 0 Å². The van der Waals surface area contributed by atoms with Crippen molar-refractivity contribution in [2.24, 2.45) is 11.3 Å². The van der Waals surface area contributed by atoms with E-state index in [2.05, 4.69) is 35.2 Å². The summed E-state index contributed by atoms with van der Waals surface area (Å²) in [6.45, 7) is 7.73. The van der Waals surface area contributed by atoms with Crippen LogP contribution in [0.2, 0.25) is 0 Å². The minimum Gasteiger partial charge on any atom is -0.337 e. The zero-order valence-corrected chi connectivity index (χ0v) is 14.0. The van der Waals surface area contributed by atoms with Gasteiger partial charge < -0.3 is 9.47 Å². The SMILES string of the molecule is Cc1cnc2n1C(C(=O)N1CCCC3CC1C3(C)C)CCC2. The fourth-order valence-electron chi connectivity index (χ4n) is 5.05. The molecule has 3 fully saturated rings. The summed E-state index contributed by atoms with van der Waals surface area (Å²) in [7, 11) is 0. The summed E-state index contributed by atoms with van der Waals surface area (Å²) >= 11 is 0. The molecule has 4 heterocycles. The molecule has 2 bridgehead atoms. The number of hydrogen-bond acceptors (Lipinski definition) is 2. The molecule has 4 heteroatoms. The summed E-state index contributed by atoms with van der Waals surface area (Å²) in [5, 5.41) is 0. The van der Waals surface area contributed by atoms with Crippen LogP contribution in [-0.2, 0) is 11.2 Å². The third-order valence-corrected chi connectivity index (χ3v) is 6.56. The minimum atomic E-state index is -0.0146. The van der Waals surface area contributed by atoms with Gasteiger partial charge in [-0.05, 0) is 50.4 Å². The lowest BCUT2D eigenvalue weighted by molar-refractivity contribution is -0.147. The van der Waals surface area contributed by atoms with Gasteiger partial charge in [0.15, 0.2) is 0 Å². The van der Waals surface area contributed by atoms with Gasteiger partial charge in [0.25, 0.3) is 0 Å². The Morgan fingerprint density at radius 1 is 1.32 bits per heavy atom.